The van der Waals surface area contributed by atoms with E-state index in [2.05, 4.69) is 29.8 Å². The zero-order valence-electron chi connectivity index (χ0n) is 14.6. The van der Waals surface area contributed by atoms with Gasteiger partial charge in [-0.2, -0.15) is 0 Å². The molecule has 1 aliphatic heterocycles. The van der Waals surface area contributed by atoms with Crippen LogP contribution >= 0.6 is 0 Å². The van der Waals surface area contributed by atoms with Gasteiger partial charge in [-0.05, 0) is 12.8 Å². The molecule has 24 heavy (non-hydrogen) atoms. The summed E-state index contributed by atoms with van der Waals surface area (Å²) in [5, 5.41) is 0. The van der Waals surface area contributed by atoms with Crippen molar-refractivity contribution < 1.29 is 4.79 Å². The van der Waals surface area contributed by atoms with Gasteiger partial charge in [0.1, 0.15) is 5.82 Å². The number of nitrogens with zero attached hydrogens (tertiary/aromatic N) is 3. The Balaban J connectivity index is 1.84. The Morgan fingerprint density at radius 1 is 1.33 bits per heavy atom. The third-order valence-electron chi connectivity index (χ3n) is 5.13. The Kier molecular flexibility index (Phi) is 4.71. The van der Waals surface area contributed by atoms with Gasteiger partial charge in [0.25, 0.3) is 0 Å². The van der Waals surface area contributed by atoms with Crippen LogP contribution in [-0.4, -0.2) is 32.9 Å². The number of fused-ring (bicyclic) bond motifs is 1. The summed E-state index contributed by atoms with van der Waals surface area (Å²) in [7, 11) is 0. The number of rotatable bonds is 4. The summed E-state index contributed by atoms with van der Waals surface area (Å²) in [6, 6.07) is 9.64. The molecule has 1 amide bonds. The Bertz CT molecular complexity index is 709. The van der Waals surface area contributed by atoms with Gasteiger partial charge in [0, 0.05) is 24.8 Å². The van der Waals surface area contributed by atoms with Crippen LogP contribution in [0.1, 0.15) is 39.1 Å². The van der Waals surface area contributed by atoms with Gasteiger partial charge >= 0.3 is 0 Å². The van der Waals surface area contributed by atoms with E-state index in [0.717, 1.165) is 30.0 Å². The van der Waals surface area contributed by atoms with Crippen molar-refractivity contribution in [1.82, 2.24) is 14.5 Å². The highest BCUT2D eigenvalue weighted by Crippen LogP contribution is 2.29. The van der Waals surface area contributed by atoms with Crippen molar-refractivity contribution in [3.8, 4) is 11.3 Å². The quantitative estimate of drug-likeness (QED) is 0.939. The highest BCUT2D eigenvalue weighted by Gasteiger charge is 2.33. The number of hydrogen-bond donors (Lipinski definition) is 1. The van der Waals surface area contributed by atoms with Crippen molar-refractivity contribution in [1.29, 1.82) is 0 Å². The number of nitrogens with two attached hydrogens (primary N) is 1. The lowest BCUT2D eigenvalue weighted by molar-refractivity contribution is -0.137. The number of benzene rings is 1. The summed E-state index contributed by atoms with van der Waals surface area (Å²) in [5.74, 6) is 1.16. The molecule has 128 valence electrons. The van der Waals surface area contributed by atoms with Crippen LogP contribution in [0, 0.1) is 5.92 Å². The van der Waals surface area contributed by atoms with Gasteiger partial charge in [0.2, 0.25) is 5.91 Å². The smallest absolute Gasteiger partial charge is 0.240 e. The molecule has 0 saturated carbocycles. The number of carbonyl (C=O) groups excluding carboxylic acids is 1. The third kappa shape index (κ3) is 2.96. The molecule has 2 N–H and O–H groups in total. The monoisotopic (exact) mass is 326 g/mol. The lowest BCUT2D eigenvalue weighted by Crippen LogP contribution is -2.50. The lowest BCUT2D eigenvalue weighted by atomic mass is 9.98. The number of imidazole rings is 1. The van der Waals surface area contributed by atoms with Crippen molar-refractivity contribution in [2.24, 2.45) is 11.7 Å². The van der Waals surface area contributed by atoms with E-state index in [1.165, 1.54) is 0 Å². The summed E-state index contributed by atoms with van der Waals surface area (Å²) in [4.78, 5) is 19.4. The van der Waals surface area contributed by atoms with Gasteiger partial charge in [-0.3, -0.25) is 4.79 Å². The fourth-order valence-corrected chi connectivity index (χ4v) is 3.23. The number of hydrogen-bond acceptors (Lipinski definition) is 3. The van der Waals surface area contributed by atoms with Gasteiger partial charge in [0.15, 0.2) is 0 Å². The zero-order valence-corrected chi connectivity index (χ0v) is 14.6. The predicted molar refractivity (Wildman–Crippen MR) is 95.2 cm³/mol. The van der Waals surface area contributed by atoms with Crippen LogP contribution in [0.3, 0.4) is 0 Å². The normalized spacial score (nSPS) is 19.7. The van der Waals surface area contributed by atoms with E-state index in [-0.39, 0.29) is 17.9 Å². The van der Waals surface area contributed by atoms with Crippen LogP contribution in [0.5, 0.6) is 0 Å². The predicted octanol–water partition coefficient (Wildman–Crippen LogP) is 2.83. The molecule has 3 rings (SSSR count). The summed E-state index contributed by atoms with van der Waals surface area (Å²) in [5.41, 5.74) is 8.22. The van der Waals surface area contributed by atoms with Crippen LogP contribution in [0.2, 0.25) is 0 Å². The molecule has 1 aromatic heterocycles. The molecule has 2 heterocycles. The van der Waals surface area contributed by atoms with Crippen molar-refractivity contribution in [2.45, 2.75) is 45.8 Å². The second-order valence-corrected chi connectivity index (χ2v) is 6.66. The van der Waals surface area contributed by atoms with E-state index in [4.69, 9.17) is 10.7 Å². The van der Waals surface area contributed by atoms with Crippen LogP contribution in [0.25, 0.3) is 11.3 Å². The average Bonchev–Trinajstić information content (AvgIpc) is 3.06. The summed E-state index contributed by atoms with van der Waals surface area (Å²) >= 11 is 0. The first-order valence-corrected chi connectivity index (χ1v) is 8.71. The molecule has 0 unspecified atom stereocenters. The Morgan fingerprint density at radius 2 is 2.04 bits per heavy atom. The molecular formula is C19H26N4O. The molecule has 1 aliphatic rings. The van der Waals surface area contributed by atoms with Crippen LogP contribution in [-0.2, 0) is 11.3 Å². The maximum absolute atomic E-state index is 12.8. The number of amides is 1. The maximum atomic E-state index is 12.8. The first-order chi connectivity index (χ1) is 11.5. The van der Waals surface area contributed by atoms with E-state index >= 15 is 0 Å². The molecule has 0 aliphatic carbocycles. The highest BCUT2D eigenvalue weighted by molar-refractivity contribution is 5.82. The second kappa shape index (κ2) is 6.77. The van der Waals surface area contributed by atoms with E-state index in [0.29, 0.717) is 6.54 Å². The van der Waals surface area contributed by atoms with Gasteiger partial charge < -0.3 is 15.2 Å². The fraction of sp³-hybridized carbons (Fsp3) is 0.474. The summed E-state index contributed by atoms with van der Waals surface area (Å²) < 4.78 is 2.16. The minimum atomic E-state index is -0.437. The van der Waals surface area contributed by atoms with Crippen molar-refractivity contribution in [3.05, 3.63) is 42.4 Å². The number of aromatic nitrogens is 2. The zero-order chi connectivity index (χ0) is 17.3. The second-order valence-electron chi connectivity index (χ2n) is 6.66. The molecule has 0 saturated heterocycles. The Morgan fingerprint density at radius 3 is 2.71 bits per heavy atom. The Labute approximate surface area is 143 Å². The SMILES string of the molecule is CC[C@@H](C)[C@H](N)C(=O)N1CCn2cc(-c3ccccc3)nc2[C@H]1C. The van der Waals surface area contributed by atoms with E-state index in [9.17, 15) is 4.79 Å². The van der Waals surface area contributed by atoms with Gasteiger partial charge in [0.05, 0.1) is 17.8 Å². The standard InChI is InChI=1S/C19H26N4O/c1-4-13(2)17(20)19(24)23-11-10-22-12-16(21-18(22)14(23)3)15-8-6-5-7-9-15/h5-9,12-14,17H,4,10-11,20H2,1-3H3/t13-,14-,17+/m1/s1. The molecule has 3 atom stereocenters. The van der Waals surface area contributed by atoms with E-state index in [1.54, 1.807) is 0 Å². The van der Waals surface area contributed by atoms with E-state index in [1.807, 2.05) is 36.9 Å². The minimum Gasteiger partial charge on any atom is -0.331 e. The average molecular weight is 326 g/mol. The fourth-order valence-electron chi connectivity index (χ4n) is 3.23. The lowest BCUT2D eigenvalue weighted by Gasteiger charge is -2.36. The third-order valence-corrected chi connectivity index (χ3v) is 5.13. The minimum absolute atomic E-state index is 0.0346. The van der Waals surface area contributed by atoms with Crippen molar-refractivity contribution in [3.63, 3.8) is 0 Å². The summed E-state index contributed by atoms with van der Waals surface area (Å²) in [6.45, 7) is 7.58. The molecule has 5 heteroatoms. The van der Waals surface area contributed by atoms with Crippen LogP contribution in [0.15, 0.2) is 36.5 Å². The molecule has 0 bridgehead atoms. The van der Waals surface area contributed by atoms with E-state index < -0.39 is 6.04 Å². The molecule has 0 fully saturated rings. The molecular weight excluding hydrogens is 300 g/mol. The highest BCUT2D eigenvalue weighted by atomic mass is 16.2. The summed E-state index contributed by atoms with van der Waals surface area (Å²) in [6.07, 6.45) is 2.99. The maximum Gasteiger partial charge on any atom is 0.240 e. The first kappa shape index (κ1) is 16.7. The first-order valence-electron chi connectivity index (χ1n) is 8.71. The van der Waals surface area contributed by atoms with Crippen LogP contribution < -0.4 is 5.73 Å². The van der Waals surface area contributed by atoms with Gasteiger partial charge in [-0.15, -0.1) is 0 Å². The van der Waals surface area contributed by atoms with Crippen molar-refractivity contribution >= 4 is 5.91 Å². The molecule has 2 aromatic rings. The molecule has 0 radical (unpaired) electrons. The number of carbonyl (C=O) groups is 1. The van der Waals surface area contributed by atoms with Gasteiger partial charge in [-0.1, -0.05) is 50.6 Å². The Hall–Kier alpha value is -2.14. The van der Waals surface area contributed by atoms with Crippen molar-refractivity contribution in [2.75, 3.05) is 6.54 Å². The van der Waals surface area contributed by atoms with Crippen LogP contribution in [0.4, 0.5) is 0 Å². The van der Waals surface area contributed by atoms with Gasteiger partial charge in [-0.25, -0.2) is 4.98 Å². The molecule has 0 spiro atoms. The topological polar surface area (TPSA) is 64.2 Å². The largest absolute Gasteiger partial charge is 0.331 e. The molecule has 5 nitrogen and oxygen atoms in total. The molecule has 1 aromatic carbocycles.